The predicted octanol–water partition coefficient (Wildman–Crippen LogP) is 5.38. The zero-order valence-electron chi connectivity index (χ0n) is 12.0. The summed E-state index contributed by atoms with van der Waals surface area (Å²) in [6.07, 6.45) is 11.7. The Bertz CT molecular complexity index is 330. The van der Waals surface area contributed by atoms with Crippen molar-refractivity contribution in [1.82, 2.24) is 0 Å². The van der Waals surface area contributed by atoms with Crippen LogP contribution in [-0.2, 0) is 6.42 Å². The molecular formula is C17H28O. The zero-order chi connectivity index (χ0) is 13.2. The van der Waals surface area contributed by atoms with Crippen molar-refractivity contribution in [1.29, 1.82) is 0 Å². The van der Waals surface area contributed by atoms with Crippen LogP contribution in [0.15, 0.2) is 18.2 Å². The predicted molar refractivity (Wildman–Crippen MR) is 79.2 cm³/mol. The number of aromatic hydroxyl groups is 1. The average molecular weight is 248 g/mol. The number of aryl methyl sites for hydroxylation is 2. The van der Waals surface area contributed by atoms with Gasteiger partial charge in [-0.3, -0.25) is 0 Å². The third-order valence-corrected chi connectivity index (χ3v) is 3.53. The maximum atomic E-state index is 9.73. The van der Waals surface area contributed by atoms with Crippen LogP contribution in [0.3, 0.4) is 0 Å². The molecule has 0 saturated carbocycles. The maximum Gasteiger partial charge on any atom is 0.118 e. The number of phenols is 1. The molecule has 0 aliphatic rings. The summed E-state index contributed by atoms with van der Waals surface area (Å²) in [4.78, 5) is 0. The molecule has 0 atom stereocenters. The van der Waals surface area contributed by atoms with Gasteiger partial charge >= 0.3 is 0 Å². The molecule has 0 bridgehead atoms. The Labute approximate surface area is 112 Å². The molecule has 1 rings (SSSR count). The second-order valence-electron chi connectivity index (χ2n) is 5.36. The lowest BCUT2D eigenvalue weighted by Gasteiger charge is -2.06. The molecule has 1 N–H and O–H groups in total. The summed E-state index contributed by atoms with van der Waals surface area (Å²) in [6, 6.07) is 5.89. The second-order valence-corrected chi connectivity index (χ2v) is 5.36. The Morgan fingerprint density at radius 2 is 1.50 bits per heavy atom. The van der Waals surface area contributed by atoms with Crippen molar-refractivity contribution < 1.29 is 5.11 Å². The van der Waals surface area contributed by atoms with Gasteiger partial charge in [0.25, 0.3) is 0 Å². The number of hydrogen-bond donors (Lipinski definition) is 1. The van der Waals surface area contributed by atoms with Crippen molar-refractivity contribution in [3.05, 3.63) is 29.3 Å². The first kappa shape index (κ1) is 15.1. The van der Waals surface area contributed by atoms with Gasteiger partial charge in [-0.25, -0.2) is 0 Å². The van der Waals surface area contributed by atoms with Gasteiger partial charge in [0.2, 0.25) is 0 Å². The number of phenolic OH excluding ortho intramolecular Hbond substituents is 1. The second kappa shape index (κ2) is 9.02. The van der Waals surface area contributed by atoms with Gasteiger partial charge < -0.3 is 5.11 Å². The van der Waals surface area contributed by atoms with Gasteiger partial charge in [-0.05, 0) is 31.4 Å². The van der Waals surface area contributed by atoms with E-state index in [9.17, 15) is 5.11 Å². The molecule has 1 aromatic rings. The highest BCUT2D eigenvalue weighted by Gasteiger charge is 2.01. The van der Waals surface area contributed by atoms with E-state index in [-0.39, 0.29) is 0 Å². The van der Waals surface area contributed by atoms with Crippen molar-refractivity contribution in [2.75, 3.05) is 0 Å². The van der Waals surface area contributed by atoms with E-state index in [2.05, 4.69) is 19.9 Å². The monoisotopic (exact) mass is 248 g/mol. The van der Waals surface area contributed by atoms with E-state index >= 15 is 0 Å². The van der Waals surface area contributed by atoms with Crippen LogP contribution < -0.4 is 0 Å². The topological polar surface area (TPSA) is 20.2 Å². The fourth-order valence-corrected chi connectivity index (χ4v) is 2.36. The summed E-state index contributed by atoms with van der Waals surface area (Å²) >= 11 is 0. The summed E-state index contributed by atoms with van der Waals surface area (Å²) in [5.74, 6) is 0.462. The Morgan fingerprint density at radius 1 is 0.889 bits per heavy atom. The molecule has 0 unspecified atom stereocenters. The summed E-state index contributed by atoms with van der Waals surface area (Å²) in [5, 5.41) is 9.73. The number of hydrogen-bond acceptors (Lipinski definition) is 1. The van der Waals surface area contributed by atoms with Crippen molar-refractivity contribution >= 4 is 0 Å². The normalized spacial score (nSPS) is 10.8. The van der Waals surface area contributed by atoms with E-state index < -0.39 is 0 Å². The molecule has 18 heavy (non-hydrogen) atoms. The average Bonchev–Trinajstić information content (AvgIpc) is 2.36. The van der Waals surface area contributed by atoms with Crippen molar-refractivity contribution in [3.63, 3.8) is 0 Å². The van der Waals surface area contributed by atoms with Crippen LogP contribution in [0.2, 0.25) is 0 Å². The van der Waals surface area contributed by atoms with Gasteiger partial charge in [0.15, 0.2) is 0 Å². The van der Waals surface area contributed by atoms with Gasteiger partial charge in [0.1, 0.15) is 5.75 Å². The van der Waals surface area contributed by atoms with Crippen LogP contribution in [0.1, 0.15) is 69.4 Å². The molecule has 0 aliphatic carbocycles. The van der Waals surface area contributed by atoms with Gasteiger partial charge in [0, 0.05) is 0 Å². The largest absolute Gasteiger partial charge is 0.508 e. The molecule has 0 heterocycles. The lowest BCUT2D eigenvalue weighted by molar-refractivity contribution is 0.465. The molecule has 102 valence electrons. The Balaban J connectivity index is 2.09. The van der Waals surface area contributed by atoms with Gasteiger partial charge in [-0.15, -0.1) is 0 Å². The molecule has 0 saturated heterocycles. The van der Waals surface area contributed by atoms with Crippen LogP contribution in [0.5, 0.6) is 5.75 Å². The fourth-order valence-electron chi connectivity index (χ4n) is 2.36. The van der Waals surface area contributed by atoms with E-state index in [1.165, 1.54) is 56.9 Å². The highest BCUT2D eigenvalue weighted by atomic mass is 16.3. The third-order valence-electron chi connectivity index (χ3n) is 3.53. The summed E-state index contributed by atoms with van der Waals surface area (Å²) in [6.45, 7) is 4.34. The SMILES string of the molecule is CCCCCCCCCCc1cc(C)ccc1O. The van der Waals surface area contributed by atoms with E-state index in [0.29, 0.717) is 5.75 Å². The van der Waals surface area contributed by atoms with Gasteiger partial charge in [0.05, 0.1) is 0 Å². The van der Waals surface area contributed by atoms with Crippen LogP contribution in [0.25, 0.3) is 0 Å². The molecular weight excluding hydrogens is 220 g/mol. The van der Waals surface area contributed by atoms with E-state index in [0.717, 1.165) is 12.0 Å². The van der Waals surface area contributed by atoms with E-state index in [1.807, 2.05) is 12.1 Å². The summed E-state index contributed by atoms with van der Waals surface area (Å²) < 4.78 is 0. The van der Waals surface area contributed by atoms with Gasteiger partial charge in [-0.2, -0.15) is 0 Å². The first-order valence-electron chi connectivity index (χ1n) is 7.52. The Morgan fingerprint density at radius 3 is 2.17 bits per heavy atom. The first-order valence-corrected chi connectivity index (χ1v) is 7.52. The quantitative estimate of drug-likeness (QED) is 0.581. The standard InChI is InChI=1S/C17H28O/c1-3-4-5-6-7-8-9-10-11-16-14-15(2)12-13-17(16)18/h12-14,18H,3-11H2,1-2H3. The Kier molecular flexibility index (Phi) is 7.55. The van der Waals surface area contributed by atoms with Crippen molar-refractivity contribution in [3.8, 4) is 5.75 Å². The molecule has 1 aromatic carbocycles. The molecule has 0 amide bonds. The van der Waals surface area contributed by atoms with Crippen LogP contribution in [0.4, 0.5) is 0 Å². The van der Waals surface area contributed by atoms with Crippen molar-refractivity contribution in [2.24, 2.45) is 0 Å². The van der Waals surface area contributed by atoms with E-state index in [1.54, 1.807) is 0 Å². The van der Waals surface area contributed by atoms with Crippen LogP contribution >= 0.6 is 0 Å². The first-order chi connectivity index (χ1) is 8.74. The molecule has 0 fully saturated rings. The lowest BCUT2D eigenvalue weighted by atomic mass is 10.0. The molecule has 0 aromatic heterocycles. The zero-order valence-corrected chi connectivity index (χ0v) is 12.0. The Hall–Kier alpha value is -0.980. The van der Waals surface area contributed by atoms with Crippen LogP contribution in [0, 0.1) is 6.92 Å². The molecule has 1 heteroatoms. The summed E-state index contributed by atoms with van der Waals surface area (Å²) in [7, 11) is 0. The minimum absolute atomic E-state index is 0.462. The smallest absolute Gasteiger partial charge is 0.118 e. The lowest BCUT2D eigenvalue weighted by Crippen LogP contribution is -1.88. The minimum Gasteiger partial charge on any atom is -0.508 e. The number of rotatable bonds is 9. The third kappa shape index (κ3) is 6.09. The maximum absolute atomic E-state index is 9.73. The number of unbranched alkanes of at least 4 members (excludes halogenated alkanes) is 7. The van der Waals surface area contributed by atoms with E-state index in [4.69, 9.17) is 0 Å². The summed E-state index contributed by atoms with van der Waals surface area (Å²) in [5.41, 5.74) is 2.35. The highest BCUT2D eigenvalue weighted by Crippen LogP contribution is 2.21. The molecule has 0 radical (unpaired) electrons. The highest BCUT2D eigenvalue weighted by molar-refractivity contribution is 5.35. The van der Waals surface area contributed by atoms with Gasteiger partial charge in [-0.1, -0.05) is 69.6 Å². The van der Waals surface area contributed by atoms with Crippen LogP contribution in [-0.4, -0.2) is 5.11 Å². The molecule has 0 spiro atoms. The number of benzene rings is 1. The molecule has 1 nitrogen and oxygen atoms in total. The van der Waals surface area contributed by atoms with Crippen molar-refractivity contribution in [2.45, 2.75) is 71.6 Å². The molecule has 0 aliphatic heterocycles. The fraction of sp³-hybridized carbons (Fsp3) is 0.647. The minimum atomic E-state index is 0.462.